The number of hydrogen-bond donors (Lipinski definition) is 1. The molecule has 1 saturated heterocycles. The zero-order chi connectivity index (χ0) is 21.4. The lowest BCUT2D eigenvalue weighted by atomic mass is 9.94. The summed E-state index contributed by atoms with van der Waals surface area (Å²) in [7, 11) is 0. The summed E-state index contributed by atoms with van der Waals surface area (Å²) in [4.78, 5) is 38.5. The van der Waals surface area contributed by atoms with Gasteiger partial charge in [-0.2, -0.15) is 0 Å². The largest absolute Gasteiger partial charge is 0.444 e. The number of nitrogens with zero attached hydrogens (tertiary/aromatic N) is 1. The average Bonchev–Trinajstić information content (AvgIpc) is 2.62. The van der Waals surface area contributed by atoms with E-state index in [-0.39, 0.29) is 6.09 Å². The van der Waals surface area contributed by atoms with E-state index in [2.05, 4.69) is 0 Å². The van der Waals surface area contributed by atoms with Crippen LogP contribution in [0.5, 0.6) is 0 Å². The van der Waals surface area contributed by atoms with Gasteiger partial charge in [-0.1, -0.05) is 11.6 Å². The van der Waals surface area contributed by atoms with E-state index in [0.29, 0.717) is 52.7 Å². The van der Waals surface area contributed by atoms with Crippen molar-refractivity contribution in [3.05, 3.63) is 40.4 Å². The summed E-state index contributed by atoms with van der Waals surface area (Å²) in [5.74, 6) is -0.784. The lowest BCUT2D eigenvalue weighted by Gasteiger charge is -2.38. The second kappa shape index (κ2) is 8.13. The number of ether oxygens (including phenoxy) is 1. The highest BCUT2D eigenvalue weighted by molar-refractivity contribution is 8.08. The summed E-state index contributed by atoms with van der Waals surface area (Å²) in [6.07, 6.45) is 1.74. The molecular formula is C21H24ClNO5S. The molecule has 6 nitrogen and oxygen atoms in total. The number of rotatable bonds is 3. The van der Waals surface area contributed by atoms with Crippen LogP contribution in [0.1, 0.15) is 49.5 Å². The molecule has 1 aromatic carbocycles. The van der Waals surface area contributed by atoms with Gasteiger partial charge in [-0.25, -0.2) is 4.79 Å². The Hall–Kier alpha value is -1.83. The highest BCUT2D eigenvalue weighted by Gasteiger charge is 2.36. The van der Waals surface area contributed by atoms with Crippen molar-refractivity contribution in [2.75, 3.05) is 18.8 Å². The van der Waals surface area contributed by atoms with Gasteiger partial charge in [0.25, 0.3) is 0 Å². The number of benzene rings is 1. The normalized spacial score (nSPS) is 18.9. The van der Waals surface area contributed by atoms with E-state index in [1.807, 2.05) is 20.8 Å². The van der Waals surface area contributed by atoms with Gasteiger partial charge in [-0.3, -0.25) is 9.59 Å². The van der Waals surface area contributed by atoms with Crippen molar-refractivity contribution in [1.29, 1.82) is 0 Å². The Morgan fingerprint density at radius 2 is 1.90 bits per heavy atom. The molecule has 1 heterocycles. The van der Waals surface area contributed by atoms with Gasteiger partial charge in [0.15, 0.2) is 0 Å². The average molecular weight is 438 g/mol. The Morgan fingerprint density at radius 3 is 2.52 bits per heavy atom. The Bertz CT molecular complexity index is 882. The molecule has 0 atom stereocenters. The minimum Gasteiger partial charge on any atom is -0.444 e. The molecule has 0 radical (unpaired) electrons. The number of piperidine rings is 1. The summed E-state index contributed by atoms with van der Waals surface area (Å²) in [5.41, 5.74) is -0.599. The number of aliphatic hydroxyl groups is 1. The Morgan fingerprint density at radius 1 is 1.24 bits per heavy atom. The number of allylic oxidation sites excluding steroid dienone is 1. The van der Waals surface area contributed by atoms with Gasteiger partial charge in [0.05, 0.1) is 5.60 Å². The van der Waals surface area contributed by atoms with Gasteiger partial charge in [0.2, 0.25) is 11.6 Å². The molecule has 8 heteroatoms. The minimum absolute atomic E-state index is 0.330. The third-order valence-electron chi connectivity index (χ3n) is 4.82. The van der Waals surface area contributed by atoms with Gasteiger partial charge >= 0.3 is 6.09 Å². The summed E-state index contributed by atoms with van der Waals surface area (Å²) in [6.45, 7) is 6.23. The molecule has 1 aliphatic heterocycles. The zero-order valence-electron chi connectivity index (χ0n) is 16.7. The molecule has 1 aliphatic carbocycles. The predicted octanol–water partition coefficient (Wildman–Crippen LogP) is 3.94. The fraction of sp³-hybridized carbons (Fsp3) is 0.476. The Labute approximate surface area is 179 Å². The highest BCUT2D eigenvalue weighted by atomic mass is 35.5. The van der Waals surface area contributed by atoms with Gasteiger partial charge in [-0.15, -0.1) is 11.8 Å². The third kappa shape index (κ3) is 5.21. The molecule has 1 N–H and O–H groups in total. The van der Waals surface area contributed by atoms with Crippen LogP contribution < -0.4 is 0 Å². The van der Waals surface area contributed by atoms with Crippen LogP contribution in [0.2, 0.25) is 5.02 Å². The first-order chi connectivity index (χ1) is 13.5. The summed E-state index contributed by atoms with van der Waals surface area (Å²) < 4.78 is 5.38. The van der Waals surface area contributed by atoms with E-state index in [0.717, 1.165) is 0 Å². The van der Waals surface area contributed by atoms with Crippen LogP contribution in [0.3, 0.4) is 0 Å². The number of fused-ring (bicyclic) bond motifs is 1. The van der Waals surface area contributed by atoms with E-state index in [4.69, 9.17) is 16.3 Å². The fourth-order valence-electron chi connectivity index (χ4n) is 3.22. The van der Waals surface area contributed by atoms with Gasteiger partial charge in [-0.05, 0) is 51.8 Å². The molecular weight excluding hydrogens is 414 g/mol. The topological polar surface area (TPSA) is 83.9 Å². The van der Waals surface area contributed by atoms with Crippen molar-refractivity contribution in [1.82, 2.24) is 4.90 Å². The third-order valence-corrected chi connectivity index (χ3v) is 6.39. The molecule has 1 fully saturated rings. The lowest BCUT2D eigenvalue weighted by Crippen LogP contribution is -2.49. The molecule has 0 aromatic heterocycles. The molecule has 1 aromatic rings. The molecule has 0 unspecified atom stereocenters. The summed E-state index contributed by atoms with van der Waals surface area (Å²) >= 11 is 7.39. The predicted molar refractivity (Wildman–Crippen MR) is 113 cm³/mol. The van der Waals surface area contributed by atoms with Crippen LogP contribution in [0.4, 0.5) is 4.79 Å². The maximum absolute atomic E-state index is 12.2. The lowest BCUT2D eigenvalue weighted by molar-refractivity contribution is -0.111. The van der Waals surface area contributed by atoms with Crippen LogP contribution in [0.25, 0.3) is 4.91 Å². The van der Waals surface area contributed by atoms with Crippen LogP contribution in [0, 0.1) is 0 Å². The van der Waals surface area contributed by atoms with Gasteiger partial charge in [0, 0.05) is 46.0 Å². The van der Waals surface area contributed by atoms with Crippen molar-refractivity contribution in [2.45, 2.75) is 44.8 Å². The second-order valence-corrected chi connectivity index (χ2v) is 9.83. The Balaban J connectivity index is 1.64. The number of halogens is 1. The SMILES string of the molecule is CC(C)(C)OC(=O)N1CCC(O)(CSC2=CC(=O)C(=O)c3ccc(Cl)cc32)CC1. The number of carbonyl (C=O) groups excluding carboxylic acids is 3. The standard InChI is InChI=1S/C21H24ClNO5S/c1-20(2,3)28-19(26)23-8-6-21(27,7-9-23)12-29-17-11-16(24)18(25)14-5-4-13(22)10-15(14)17/h4-5,10-11,27H,6-9,12H2,1-3H3. The maximum atomic E-state index is 12.2. The molecule has 0 spiro atoms. The van der Waals surface area contributed by atoms with E-state index >= 15 is 0 Å². The quantitative estimate of drug-likeness (QED) is 0.721. The summed E-state index contributed by atoms with van der Waals surface area (Å²) in [6, 6.07) is 4.80. The van der Waals surface area contributed by atoms with Crippen molar-refractivity contribution >= 4 is 45.9 Å². The van der Waals surface area contributed by atoms with Crippen LogP contribution in [-0.4, -0.2) is 57.7 Å². The molecule has 3 rings (SSSR count). The van der Waals surface area contributed by atoms with Crippen LogP contribution in [0.15, 0.2) is 24.3 Å². The van der Waals surface area contributed by atoms with Crippen LogP contribution in [-0.2, 0) is 9.53 Å². The maximum Gasteiger partial charge on any atom is 0.410 e. The van der Waals surface area contributed by atoms with Crippen molar-refractivity contribution in [3.8, 4) is 0 Å². The molecule has 156 valence electrons. The first-order valence-electron chi connectivity index (χ1n) is 9.41. The molecule has 0 saturated carbocycles. The Kier molecular flexibility index (Phi) is 6.13. The van der Waals surface area contributed by atoms with E-state index < -0.39 is 22.8 Å². The van der Waals surface area contributed by atoms with E-state index in [9.17, 15) is 19.5 Å². The smallest absolute Gasteiger partial charge is 0.410 e. The number of thioether (sulfide) groups is 1. The van der Waals surface area contributed by atoms with Crippen molar-refractivity contribution in [3.63, 3.8) is 0 Å². The van der Waals surface area contributed by atoms with E-state index in [1.165, 1.54) is 17.8 Å². The number of hydrogen-bond acceptors (Lipinski definition) is 6. The second-order valence-electron chi connectivity index (χ2n) is 8.37. The monoisotopic (exact) mass is 437 g/mol. The van der Waals surface area contributed by atoms with Crippen molar-refractivity contribution in [2.24, 2.45) is 0 Å². The number of Topliss-reactive ketones (excluding diaryl/α,β-unsaturated/α-hetero) is 1. The molecule has 1 amide bonds. The van der Waals surface area contributed by atoms with Crippen LogP contribution >= 0.6 is 23.4 Å². The first-order valence-corrected chi connectivity index (χ1v) is 10.8. The number of amides is 1. The molecule has 0 bridgehead atoms. The van der Waals surface area contributed by atoms with Crippen molar-refractivity contribution < 1.29 is 24.2 Å². The van der Waals surface area contributed by atoms with Gasteiger partial charge < -0.3 is 14.7 Å². The minimum atomic E-state index is -0.979. The number of carbonyl (C=O) groups is 3. The molecule has 29 heavy (non-hydrogen) atoms. The molecule has 2 aliphatic rings. The zero-order valence-corrected chi connectivity index (χ0v) is 18.2. The fourth-order valence-corrected chi connectivity index (χ4v) is 4.62. The highest BCUT2D eigenvalue weighted by Crippen LogP contribution is 2.38. The number of likely N-dealkylation sites (tertiary alicyclic amines) is 1. The first kappa shape index (κ1) is 21.9. The number of ketones is 2. The van der Waals surface area contributed by atoms with Gasteiger partial charge in [0.1, 0.15) is 5.60 Å². The summed E-state index contributed by atoms with van der Waals surface area (Å²) in [5, 5.41) is 11.4. The van der Waals surface area contributed by atoms with E-state index in [1.54, 1.807) is 23.1 Å².